The molecule has 1 amide bonds. The predicted molar refractivity (Wildman–Crippen MR) is 128 cm³/mol. The highest BCUT2D eigenvalue weighted by Gasteiger charge is 2.19. The molecule has 170 valence electrons. The smallest absolute Gasteiger partial charge is 0.276 e. The van der Waals surface area contributed by atoms with Crippen molar-refractivity contribution in [1.29, 1.82) is 0 Å². The fourth-order valence-electron chi connectivity index (χ4n) is 4.40. The first-order valence-corrected chi connectivity index (χ1v) is 11.4. The Morgan fingerprint density at radius 3 is 2.76 bits per heavy atom. The van der Waals surface area contributed by atoms with Crippen LogP contribution in [0.15, 0.2) is 36.9 Å². The molecule has 1 aliphatic carbocycles. The first kappa shape index (κ1) is 21.5. The molecule has 5 rings (SSSR count). The predicted octanol–water partition coefficient (Wildman–Crippen LogP) is 1.47. The Morgan fingerprint density at radius 2 is 1.97 bits per heavy atom. The summed E-state index contributed by atoms with van der Waals surface area (Å²) in [5, 5.41) is 12.0. The lowest BCUT2D eigenvalue weighted by Gasteiger charge is -2.30. The van der Waals surface area contributed by atoms with Gasteiger partial charge >= 0.3 is 0 Å². The molecule has 0 saturated carbocycles. The zero-order chi connectivity index (χ0) is 22.8. The molecule has 1 unspecified atom stereocenters. The van der Waals surface area contributed by atoms with Gasteiger partial charge in [-0.2, -0.15) is 5.10 Å². The molecule has 1 saturated heterocycles. The van der Waals surface area contributed by atoms with Gasteiger partial charge in [-0.25, -0.2) is 0 Å². The number of hydrogen-bond donors (Lipinski definition) is 2. The van der Waals surface area contributed by atoms with Crippen LogP contribution in [0.4, 0.5) is 5.69 Å². The van der Waals surface area contributed by atoms with Crippen LogP contribution in [0.5, 0.6) is 0 Å². The molecule has 1 fully saturated rings. The van der Waals surface area contributed by atoms with E-state index in [9.17, 15) is 4.79 Å². The van der Waals surface area contributed by atoms with E-state index >= 15 is 0 Å². The van der Waals surface area contributed by atoms with E-state index in [4.69, 9.17) is 0 Å². The zero-order valence-corrected chi connectivity index (χ0v) is 19.1. The van der Waals surface area contributed by atoms with E-state index in [0.29, 0.717) is 11.4 Å². The SMILES string of the molecule is CN(C)Cc1cncc(NC(=O)c2n[nH]c3c2=CC(c2cncc(CN4CCC4)c2)CC=3)c1. The minimum Gasteiger partial charge on any atom is -0.319 e. The summed E-state index contributed by atoms with van der Waals surface area (Å²) < 4.78 is 0. The number of carbonyl (C=O) groups is 1. The van der Waals surface area contributed by atoms with Crippen LogP contribution in [0.1, 0.15) is 45.9 Å². The average Bonchev–Trinajstić information content (AvgIpc) is 3.20. The van der Waals surface area contributed by atoms with Crippen molar-refractivity contribution in [2.75, 3.05) is 32.5 Å². The summed E-state index contributed by atoms with van der Waals surface area (Å²) in [6.07, 6.45) is 13.7. The maximum absolute atomic E-state index is 13.1. The van der Waals surface area contributed by atoms with Crippen molar-refractivity contribution in [2.45, 2.75) is 31.8 Å². The van der Waals surface area contributed by atoms with Crippen LogP contribution in [0.3, 0.4) is 0 Å². The summed E-state index contributed by atoms with van der Waals surface area (Å²) in [4.78, 5) is 26.3. The van der Waals surface area contributed by atoms with E-state index in [0.717, 1.165) is 48.7 Å². The van der Waals surface area contributed by atoms with Gasteiger partial charge < -0.3 is 10.2 Å². The Labute approximate surface area is 193 Å². The Kier molecular flexibility index (Phi) is 6.02. The molecule has 1 aliphatic heterocycles. The lowest BCUT2D eigenvalue weighted by Crippen LogP contribution is -2.36. The van der Waals surface area contributed by atoms with Gasteiger partial charge in [0.15, 0.2) is 5.69 Å². The molecule has 2 N–H and O–H groups in total. The van der Waals surface area contributed by atoms with E-state index in [2.05, 4.69) is 53.5 Å². The van der Waals surface area contributed by atoms with Crippen molar-refractivity contribution in [1.82, 2.24) is 30.0 Å². The van der Waals surface area contributed by atoms with Crippen LogP contribution in [0.2, 0.25) is 0 Å². The van der Waals surface area contributed by atoms with Gasteiger partial charge in [-0.3, -0.25) is 24.8 Å². The molecule has 0 bridgehead atoms. The number of H-pyrrole nitrogens is 1. The van der Waals surface area contributed by atoms with E-state index < -0.39 is 0 Å². The highest BCUT2D eigenvalue weighted by Crippen LogP contribution is 2.24. The number of anilines is 1. The molecule has 8 nitrogen and oxygen atoms in total. The fraction of sp³-hybridized carbons (Fsp3) is 0.360. The summed E-state index contributed by atoms with van der Waals surface area (Å²) in [5.41, 5.74) is 4.50. The van der Waals surface area contributed by atoms with Crippen LogP contribution >= 0.6 is 0 Å². The number of fused-ring (bicyclic) bond motifs is 1. The maximum atomic E-state index is 13.1. The van der Waals surface area contributed by atoms with Gasteiger partial charge in [0, 0.05) is 42.8 Å². The largest absolute Gasteiger partial charge is 0.319 e. The van der Waals surface area contributed by atoms with Crippen molar-refractivity contribution in [3.8, 4) is 0 Å². The molecule has 4 heterocycles. The Balaban J connectivity index is 1.37. The van der Waals surface area contributed by atoms with Crippen LogP contribution in [0.25, 0.3) is 12.2 Å². The number of aromatic amines is 1. The summed E-state index contributed by atoms with van der Waals surface area (Å²) >= 11 is 0. The molecule has 0 aromatic carbocycles. The Bertz CT molecular complexity index is 1280. The van der Waals surface area contributed by atoms with Gasteiger partial charge in [0.25, 0.3) is 5.91 Å². The second-order valence-electron chi connectivity index (χ2n) is 9.14. The topological polar surface area (TPSA) is 90.0 Å². The van der Waals surface area contributed by atoms with Crippen LogP contribution in [0, 0.1) is 0 Å². The van der Waals surface area contributed by atoms with E-state index in [1.807, 2.05) is 38.8 Å². The molecular weight excluding hydrogens is 414 g/mol. The minimum atomic E-state index is -0.244. The molecule has 8 heteroatoms. The zero-order valence-electron chi connectivity index (χ0n) is 19.1. The first-order chi connectivity index (χ1) is 16.0. The molecule has 2 aliphatic rings. The summed E-state index contributed by atoms with van der Waals surface area (Å²) in [6, 6.07) is 4.19. The summed E-state index contributed by atoms with van der Waals surface area (Å²) in [6.45, 7) is 4.03. The van der Waals surface area contributed by atoms with Gasteiger partial charge in [-0.05, 0) is 62.8 Å². The number of carbonyl (C=O) groups excluding carboxylic acids is 1. The van der Waals surface area contributed by atoms with Gasteiger partial charge in [-0.15, -0.1) is 0 Å². The van der Waals surface area contributed by atoms with Crippen molar-refractivity contribution in [3.05, 3.63) is 69.9 Å². The number of aromatic nitrogens is 4. The summed E-state index contributed by atoms with van der Waals surface area (Å²) in [7, 11) is 4.00. The van der Waals surface area contributed by atoms with Crippen LogP contribution in [-0.2, 0) is 13.1 Å². The maximum Gasteiger partial charge on any atom is 0.276 e. The molecule has 0 radical (unpaired) electrons. The number of nitrogens with zero attached hydrogens (tertiary/aromatic N) is 5. The molecule has 0 spiro atoms. The third-order valence-electron chi connectivity index (χ3n) is 6.14. The fourth-order valence-corrected chi connectivity index (χ4v) is 4.40. The monoisotopic (exact) mass is 443 g/mol. The normalized spacial score (nSPS) is 17.6. The minimum absolute atomic E-state index is 0.163. The van der Waals surface area contributed by atoms with Gasteiger partial charge in [0.1, 0.15) is 0 Å². The molecule has 33 heavy (non-hydrogen) atoms. The lowest BCUT2D eigenvalue weighted by atomic mass is 9.92. The van der Waals surface area contributed by atoms with Crippen molar-refractivity contribution in [2.24, 2.45) is 0 Å². The second kappa shape index (κ2) is 9.25. The molecule has 3 aromatic heterocycles. The number of rotatable bonds is 7. The highest BCUT2D eigenvalue weighted by atomic mass is 16.1. The number of nitrogens with one attached hydrogen (secondary N) is 2. The average molecular weight is 444 g/mol. The van der Waals surface area contributed by atoms with E-state index in [-0.39, 0.29) is 11.8 Å². The quantitative estimate of drug-likeness (QED) is 0.575. The molecular formula is C25H29N7O. The number of hydrogen-bond acceptors (Lipinski definition) is 6. The second-order valence-corrected chi connectivity index (χ2v) is 9.14. The van der Waals surface area contributed by atoms with Gasteiger partial charge in [0.2, 0.25) is 0 Å². The first-order valence-electron chi connectivity index (χ1n) is 11.4. The van der Waals surface area contributed by atoms with E-state index in [1.54, 1.807) is 6.20 Å². The number of likely N-dealkylation sites (tertiary alicyclic amines) is 1. The van der Waals surface area contributed by atoms with Crippen LogP contribution < -0.4 is 15.9 Å². The number of pyridine rings is 2. The van der Waals surface area contributed by atoms with Gasteiger partial charge in [-0.1, -0.05) is 18.2 Å². The molecule has 3 aromatic rings. The Morgan fingerprint density at radius 1 is 1.15 bits per heavy atom. The van der Waals surface area contributed by atoms with Crippen LogP contribution in [-0.4, -0.2) is 63.1 Å². The van der Waals surface area contributed by atoms with E-state index in [1.165, 1.54) is 17.5 Å². The van der Waals surface area contributed by atoms with Crippen molar-refractivity contribution in [3.63, 3.8) is 0 Å². The lowest BCUT2D eigenvalue weighted by molar-refractivity contribution is 0.102. The van der Waals surface area contributed by atoms with Gasteiger partial charge in [0.05, 0.1) is 17.2 Å². The third-order valence-corrected chi connectivity index (χ3v) is 6.14. The van der Waals surface area contributed by atoms with Crippen molar-refractivity contribution >= 4 is 23.7 Å². The third kappa shape index (κ3) is 4.86. The van der Waals surface area contributed by atoms with Crippen molar-refractivity contribution < 1.29 is 4.79 Å². The Hall–Kier alpha value is -3.36. The number of amides is 1. The standard InChI is InChI=1S/C25H29N7O/c1-31(2)15-18-9-21(14-27-12-18)28-25(33)24-22-10-19(4-5-23(22)29-30-24)20-8-17(11-26-13-20)16-32-6-3-7-32/h5,8-14,19,29H,3-4,6-7,15-16H2,1-2H3,(H,28,33). The highest BCUT2D eigenvalue weighted by molar-refractivity contribution is 6.03. The summed E-state index contributed by atoms with van der Waals surface area (Å²) in [5.74, 6) is -0.0816. The molecule has 1 atom stereocenters.